The third kappa shape index (κ3) is 5.05. The molecule has 0 atom stereocenters. The van der Waals surface area contributed by atoms with E-state index in [2.05, 4.69) is 4.90 Å². The van der Waals surface area contributed by atoms with E-state index < -0.39 is 10.0 Å². The number of amides is 1. The highest BCUT2D eigenvalue weighted by atomic mass is 32.2. The highest BCUT2D eigenvalue weighted by Gasteiger charge is 2.22. The normalized spacial score (nSPS) is 14.2. The lowest BCUT2D eigenvalue weighted by atomic mass is 10.0. The molecule has 1 amide bonds. The van der Waals surface area contributed by atoms with Gasteiger partial charge in [-0.3, -0.25) is 10.2 Å². The van der Waals surface area contributed by atoms with Crippen LogP contribution in [0.1, 0.15) is 15.9 Å². The summed E-state index contributed by atoms with van der Waals surface area (Å²) >= 11 is 0. The van der Waals surface area contributed by atoms with Crippen LogP contribution in [0.2, 0.25) is 0 Å². The number of hydrogen-bond acceptors (Lipinski definition) is 5. The number of nitrogen functional groups attached to an aromatic ring is 1. The van der Waals surface area contributed by atoms with Gasteiger partial charge < -0.3 is 15.5 Å². The van der Waals surface area contributed by atoms with Crippen LogP contribution in [0.4, 0.5) is 5.69 Å². The van der Waals surface area contributed by atoms with Gasteiger partial charge in [0.05, 0.1) is 4.90 Å². The number of nitrogens with one attached hydrogen (secondary N) is 1. The Morgan fingerprint density at radius 1 is 0.818 bits per heavy atom. The van der Waals surface area contributed by atoms with Crippen LogP contribution in [-0.4, -0.2) is 51.2 Å². The third-order valence-electron chi connectivity index (χ3n) is 5.72. The van der Waals surface area contributed by atoms with Gasteiger partial charge in [0, 0.05) is 43.0 Å². The summed E-state index contributed by atoms with van der Waals surface area (Å²) in [5.41, 5.74) is 9.35. The summed E-state index contributed by atoms with van der Waals surface area (Å²) < 4.78 is 23.2. The van der Waals surface area contributed by atoms with Crippen molar-refractivity contribution < 1.29 is 13.2 Å². The zero-order valence-electron chi connectivity index (χ0n) is 17.9. The molecule has 1 fully saturated rings. The molecule has 0 aromatic heterocycles. The lowest BCUT2D eigenvalue weighted by Gasteiger charge is -2.36. The number of hydrogen-bond donors (Lipinski definition) is 3. The van der Waals surface area contributed by atoms with Gasteiger partial charge in [-0.25, -0.2) is 13.6 Å². The van der Waals surface area contributed by atoms with E-state index in [0.29, 0.717) is 42.9 Å². The largest absolute Gasteiger partial charge is 0.384 e. The van der Waals surface area contributed by atoms with Crippen LogP contribution < -0.4 is 15.8 Å². The first-order chi connectivity index (χ1) is 15.7. The molecule has 0 saturated carbocycles. The van der Waals surface area contributed by atoms with Crippen LogP contribution in [0.15, 0.2) is 77.7 Å². The molecule has 1 aliphatic heterocycles. The molecule has 3 aromatic carbocycles. The van der Waals surface area contributed by atoms with Crippen molar-refractivity contribution in [3.8, 4) is 11.1 Å². The number of nitrogens with two attached hydrogens (primary N) is 2. The monoisotopic (exact) mass is 463 g/mol. The van der Waals surface area contributed by atoms with E-state index in [4.69, 9.17) is 16.3 Å². The van der Waals surface area contributed by atoms with Gasteiger partial charge in [-0.1, -0.05) is 36.4 Å². The zero-order chi connectivity index (χ0) is 23.6. The van der Waals surface area contributed by atoms with Gasteiger partial charge in [0.2, 0.25) is 10.0 Å². The molecule has 8 nitrogen and oxygen atoms in total. The van der Waals surface area contributed by atoms with Crippen molar-refractivity contribution in [3.05, 3.63) is 83.9 Å². The van der Waals surface area contributed by atoms with Crippen molar-refractivity contribution in [2.24, 2.45) is 10.9 Å². The molecular formula is C24H25N5O3S. The minimum Gasteiger partial charge on any atom is -0.384 e. The molecule has 4 rings (SSSR count). The van der Waals surface area contributed by atoms with Crippen molar-refractivity contribution in [1.82, 2.24) is 4.90 Å². The molecule has 5 N–H and O–H groups in total. The molecule has 0 aliphatic carbocycles. The first kappa shape index (κ1) is 22.5. The maximum absolute atomic E-state index is 13.0. The third-order valence-corrected chi connectivity index (χ3v) is 6.63. The molecule has 3 aromatic rings. The number of benzene rings is 3. The number of primary sulfonamides is 1. The summed E-state index contributed by atoms with van der Waals surface area (Å²) in [5, 5.41) is 12.8. The highest BCUT2D eigenvalue weighted by Crippen LogP contribution is 2.24. The number of sulfonamides is 1. The van der Waals surface area contributed by atoms with Crippen LogP contribution >= 0.6 is 0 Å². The molecule has 1 heterocycles. The van der Waals surface area contributed by atoms with E-state index in [0.717, 1.165) is 11.3 Å². The number of anilines is 1. The van der Waals surface area contributed by atoms with Gasteiger partial charge in [-0.05, 0) is 47.5 Å². The van der Waals surface area contributed by atoms with E-state index in [1.165, 1.54) is 12.1 Å². The van der Waals surface area contributed by atoms with Crippen molar-refractivity contribution >= 4 is 27.5 Å². The van der Waals surface area contributed by atoms with Gasteiger partial charge in [-0.2, -0.15) is 0 Å². The van der Waals surface area contributed by atoms with Crippen molar-refractivity contribution in [2.45, 2.75) is 4.90 Å². The number of carbonyl (C=O) groups is 1. The van der Waals surface area contributed by atoms with Gasteiger partial charge in [0.25, 0.3) is 5.91 Å². The molecule has 1 aliphatic rings. The Labute approximate surface area is 193 Å². The number of carbonyl (C=O) groups excluding carboxylic acids is 1. The van der Waals surface area contributed by atoms with Crippen LogP contribution in [0.3, 0.4) is 0 Å². The van der Waals surface area contributed by atoms with E-state index in [1.54, 1.807) is 42.5 Å². The summed E-state index contributed by atoms with van der Waals surface area (Å²) in [7, 11) is -3.78. The number of nitrogens with zero attached hydrogens (tertiary/aromatic N) is 2. The second-order valence-corrected chi connectivity index (χ2v) is 9.45. The zero-order valence-corrected chi connectivity index (χ0v) is 18.8. The molecular weight excluding hydrogens is 438 g/mol. The minimum atomic E-state index is -3.78. The van der Waals surface area contributed by atoms with Crippen molar-refractivity contribution in [3.63, 3.8) is 0 Å². The summed E-state index contributed by atoms with van der Waals surface area (Å²) in [6.45, 7) is 2.54. The molecule has 0 radical (unpaired) electrons. The first-order valence-corrected chi connectivity index (χ1v) is 12.0. The molecule has 9 heteroatoms. The molecule has 0 bridgehead atoms. The Hall–Kier alpha value is -3.69. The maximum atomic E-state index is 13.0. The predicted molar refractivity (Wildman–Crippen MR) is 129 cm³/mol. The summed E-state index contributed by atoms with van der Waals surface area (Å²) in [5.74, 6) is -0.0116. The smallest absolute Gasteiger partial charge is 0.253 e. The molecule has 0 unspecified atom stereocenters. The lowest BCUT2D eigenvalue weighted by molar-refractivity contribution is 0.0747. The van der Waals surface area contributed by atoms with E-state index >= 15 is 0 Å². The summed E-state index contributed by atoms with van der Waals surface area (Å²) in [4.78, 5) is 17.0. The fourth-order valence-corrected chi connectivity index (χ4v) is 4.44. The van der Waals surface area contributed by atoms with E-state index in [-0.39, 0.29) is 16.6 Å². The summed E-state index contributed by atoms with van der Waals surface area (Å²) in [6.07, 6.45) is 0. The van der Waals surface area contributed by atoms with Gasteiger partial charge in [0.1, 0.15) is 5.84 Å². The van der Waals surface area contributed by atoms with Crippen molar-refractivity contribution in [1.29, 1.82) is 5.41 Å². The van der Waals surface area contributed by atoms with Crippen molar-refractivity contribution in [2.75, 3.05) is 31.1 Å². The number of amidine groups is 1. The topological polar surface area (TPSA) is 134 Å². The van der Waals surface area contributed by atoms with Gasteiger partial charge >= 0.3 is 0 Å². The van der Waals surface area contributed by atoms with E-state index in [1.807, 2.05) is 23.1 Å². The fraction of sp³-hybridized carbons (Fsp3) is 0.167. The molecule has 170 valence electrons. The number of rotatable bonds is 5. The fourth-order valence-electron chi connectivity index (χ4n) is 3.88. The quantitative estimate of drug-likeness (QED) is 0.394. The lowest BCUT2D eigenvalue weighted by Crippen LogP contribution is -2.48. The second kappa shape index (κ2) is 9.05. The van der Waals surface area contributed by atoms with Gasteiger partial charge in [0.15, 0.2) is 0 Å². The Morgan fingerprint density at radius 2 is 1.48 bits per heavy atom. The van der Waals surface area contributed by atoms with Crippen LogP contribution in [0.5, 0.6) is 0 Å². The Morgan fingerprint density at radius 3 is 2.12 bits per heavy atom. The Bertz CT molecular complexity index is 1300. The maximum Gasteiger partial charge on any atom is 0.253 e. The molecule has 33 heavy (non-hydrogen) atoms. The molecule has 1 saturated heterocycles. The van der Waals surface area contributed by atoms with E-state index in [9.17, 15) is 13.2 Å². The second-order valence-electron chi connectivity index (χ2n) is 7.89. The van der Waals surface area contributed by atoms with Crippen LogP contribution in [0.25, 0.3) is 11.1 Å². The average Bonchev–Trinajstić information content (AvgIpc) is 2.83. The SMILES string of the molecule is N=C(N)c1cccc(N2CCN(C(=O)c3ccc(-c4cccc(S(N)(=O)=O)c4)cc3)CC2)c1. The van der Waals surface area contributed by atoms with Crippen LogP contribution in [-0.2, 0) is 10.0 Å². The predicted octanol–water partition coefficient (Wildman–Crippen LogP) is 2.25. The average molecular weight is 464 g/mol. The number of piperazine rings is 1. The molecule has 0 spiro atoms. The van der Waals surface area contributed by atoms with Gasteiger partial charge in [-0.15, -0.1) is 0 Å². The Balaban J connectivity index is 1.43. The van der Waals surface area contributed by atoms with Crippen LogP contribution in [0, 0.1) is 5.41 Å². The highest BCUT2D eigenvalue weighted by molar-refractivity contribution is 7.89. The Kier molecular flexibility index (Phi) is 6.17. The summed E-state index contributed by atoms with van der Waals surface area (Å²) in [6, 6.07) is 21.1. The standard InChI is InChI=1S/C24H25N5O3S/c25-23(26)20-4-1-5-21(15-20)28-11-13-29(14-12-28)24(30)18-9-7-17(8-10-18)19-3-2-6-22(16-19)33(27,31)32/h1-10,15-16H,11-14H2,(H3,25,26)(H2,27,31,32). The first-order valence-electron chi connectivity index (χ1n) is 10.4. The minimum absolute atomic E-state index is 0.0329.